The van der Waals surface area contributed by atoms with Crippen molar-refractivity contribution < 1.29 is 0 Å². The van der Waals surface area contributed by atoms with Gasteiger partial charge in [0.05, 0.1) is 10.7 Å². The van der Waals surface area contributed by atoms with Gasteiger partial charge in [-0.1, -0.05) is 11.6 Å². The van der Waals surface area contributed by atoms with Gasteiger partial charge in [-0.15, -0.1) is 0 Å². The van der Waals surface area contributed by atoms with E-state index < -0.39 is 0 Å². The second-order valence-electron chi connectivity index (χ2n) is 3.43. The maximum Gasteiger partial charge on any atom is 0.0650 e. The SMILES string of the molecule is CC1CCN1c1ccc(I)cc1Cl. The fraction of sp³-hybridized carbons (Fsp3) is 0.400. The van der Waals surface area contributed by atoms with Crippen LogP contribution in [0.4, 0.5) is 5.69 Å². The molecule has 0 N–H and O–H groups in total. The van der Waals surface area contributed by atoms with Crippen LogP contribution in [0.25, 0.3) is 0 Å². The minimum atomic E-state index is 0.651. The Morgan fingerprint density at radius 1 is 1.54 bits per heavy atom. The maximum absolute atomic E-state index is 6.16. The minimum Gasteiger partial charge on any atom is -0.367 e. The Hall–Kier alpha value is 0.0400. The molecular formula is C10H11ClIN. The average Bonchev–Trinajstić information content (AvgIpc) is 2.07. The lowest BCUT2D eigenvalue weighted by Gasteiger charge is -2.41. The van der Waals surface area contributed by atoms with Crippen LogP contribution < -0.4 is 4.90 Å². The summed E-state index contributed by atoms with van der Waals surface area (Å²) in [6.45, 7) is 3.37. The Kier molecular flexibility index (Phi) is 2.70. The first kappa shape index (κ1) is 9.59. The summed E-state index contributed by atoms with van der Waals surface area (Å²) >= 11 is 8.43. The van der Waals surface area contributed by atoms with Crippen LogP contribution in [0.15, 0.2) is 18.2 Å². The molecule has 1 aromatic carbocycles. The lowest BCUT2D eigenvalue weighted by molar-refractivity contribution is 0.481. The maximum atomic E-state index is 6.16. The van der Waals surface area contributed by atoms with E-state index in [9.17, 15) is 0 Å². The van der Waals surface area contributed by atoms with Crippen molar-refractivity contribution in [3.63, 3.8) is 0 Å². The number of nitrogens with zero attached hydrogens (tertiary/aromatic N) is 1. The van der Waals surface area contributed by atoms with E-state index in [1.165, 1.54) is 15.7 Å². The predicted molar refractivity (Wildman–Crippen MR) is 65.6 cm³/mol. The first-order valence-corrected chi connectivity index (χ1v) is 5.86. The van der Waals surface area contributed by atoms with Crippen molar-refractivity contribution in [2.45, 2.75) is 19.4 Å². The highest BCUT2D eigenvalue weighted by atomic mass is 127. The van der Waals surface area contributed by atoms with Gasteiger partial charge in [0, 0.05) is 16.2 Å². The van der Waals surface area contributed by atoms with Crippen LogP contribution in [0, 0.1) is 3.57 Å². The van der Waals surface area contributed by atoms with E-state index in [0.717, 1.165) is 11.6 Å². The third-order valence-corrected chi connectivity index (χ3v) is 3.51. The predicted octanol–water partition coefficient (Wildman–Crippen LogP) is 3.54. The van der Waals surface area contributed by atoms with Gasteiger partial charge >= 0.3 is 0 Å². The number of hydrogen-bond acceptors (Lipinski definition) is 1. The Balaban J connectivity index is 2.30. The monoisotopic (exact) mass is 307 g/mol. The number of rotatable bonds is 1. The molecule has 0 aromatic heterocycles. The molecule has 2 rings (SSSR count). The Morgan fingerprint density at radius 3 is 2.77 bits per heavy atom. The lowest BCUT2D eigenvalue weighted by Crippen LogP contribution is -2.45. The largest absolute Gasteiger partial charge is 0.367 e. The van der Waals surface area contributed by atoms with Gasteiger partial charge < -0.3 is 4.90 Å². The zero-order valence-corrected chi connectivity index (χ0v) is 10.3. The highest BCUT2D eigenvalue weighted by Gasteiger charge is 2.25. The van der Waals surface area contributed by atoms with Gasteiger partial charge in [0.25, 0.3) is 0 Å². The first-order chi connectivity index (χ1) is 6.18. The number of anilines is 1. The zero-order valence-electron chi connectivity index (χ0n) is 7.43. The Labute approximate surface area is 97.2 Å². The molecule has 0 spiro atoms. The summed E-state index contributed by atoms with van der Waals surface area (Å²) in [6.07, 6.45) is 1.28. The second-order valence-corrected chi connectivity index (χ2v) is 5.08. The van der Waals surface area contributed by atoms with Crippen LogP contribution in [-0.2, 0) is 0 Å². The van der Waals surface area contributed by atoms with E-state index in [2.05, 4.69) is 46.5 Å². The van der Waals surface area contributed by atoms with E-state index in [1.807, 2.05) is 6.07 Å². The molecule has 0 saturated carbocycles. The molecule has 1 aliphatic rings. The molecule has 1 saturated heterocycles. The van der Waals surface area contributed by atoms with Crippen LogP contribution in [-0.4, -0.2) is 12.6 Å². The molecular weight excluding hydrogens is 296 g/mol. The summed E-state index contributed by atoms with van der Waals surface area (Å²) < 4.78 is 1.19. The van der Waals surface area contributed by atoms with Gasteiger partial charge in [-0.25, -0.2) is 0 Å². The lowest BCUT2D eigenvalue weighted by atomic mass is 10.0. The molecule has 0 aliphatic carbocycles. The third-order valence-electron chi connectivity index (χ3n) is 2.54. The van der Waals surface area contributed by atoms with Crippen LogP contribution in [0.5, 0.6) is 0 Å². The van der Waals surface area contributed by atoms with Crippen molar-refractivity contribution in [2.75, 3.05) is 11.4 Å². The molecule has 1 fully saturated rings. The minimum absolute atomic E-state index is 0.651. The summed E-state index contributed by atoms with van der Waals surface area (Å²) in [5.74, 6) is 0. The molecule has 0 radical (unpaired) electrons. The molecule has 1 nitrogen and oxygen atoms in total. The van der Waals surface area contributed by atoms with E-state index in [4.69, 9.17) is 11.6 Å². The van der Waals surface area contributed by atoms with Gasteiger partial charge in [0.15, 0.2) is 0 Å². The molecule has 3 heteroatoms. The van der Waals surface area contributed by atoms with Crippen LogP contribution in [0.2, 0.25) is 5.02 Å². The number of halogens is 2. The van der Waals surface area contributed by atoms with Crippen molar-refractivity contribution >= 4 is 39.9 Å². The fourth-order valence-electron chi connectivity index (χ4n) is 1.59. The highest BCUT2D eigenvalue weighted by Crippen LogP contribution is 2.33. The van der Waals surface area contributed by atoms with Crippen LogP contribution in [0.1, 0.15) is 13.3 Å². The van der Waals surface area contributed by atoms with Gasteiger partial charge in [0.1, 0.15) is 0 Å². The smallest absolute Gasteiger partial charge is 0.0650 e. The molecule has 0 bridgehead atoms. The molecule has 1 aliphatic heterocycles. The van der Waals surface area contributed by atoms with Gasteiger partial charge in [0.2, 0.25) is 0 Å². The molecule has 70 valence electrons. The van der Waals surface area contributed by atoms with Crippen molar-refractivity contribution in [2.24, 2.45) is 0 Å². The highest BCUT2D eigenvalue weighted by molar-refractivity contribution is 14.1. The van der Waals surface area contributed by atoms with Crippen molar-refractivity contribution in [1.29, 1.82) is 0 Å². The Bertz CT molecular complexity index is 327. The molecule has 1 atom stereocenters. The summed E-state index contributed by atoms with van der Waals surface area (Å²) in [5, 5.41) is 0.874. The summed E-state index contributed by atoms with van der Waals surface area (Å²) in [6, 6.07) is 6.88. The average molecular weight is 308 g/mol. The van der Waals surface area contributed by atoms with Crippen LogP contribution in [0.3, 0.4) is 0 Å². The number of benzene rings is 1. The fourth-order valence-corrected chi connectivity index (χ4v) is 2.55. The molecule has 13 heavy (non-hydrogen) atoms. The third kappa shape index (κ3) is 1.79. The Morgan fingerprint density at radius 2 is 2.31 bits per heavy atom. The molecule has 0 amide bonds. The normalized spacial score (nSPS) is 21.5. The molecule has 1 aromatic rings. The topological polar surface area (TPSA) is 3.24 Å². The van der Waals surface area contributed by atoms with Gasteiger partial charge in [-0.2, -0.15) is 0 Å². The molecule has 1 heterocycles. The van der Waals surface area contributed by atoms with E-state index >= 15 is 0 Å². The standard InChI is InChI=1S/C10H11ClIN/c1-7-4-5-13(7)10-3-2-8(12)6-9(10)11/h2-3,6-7H,4-5H2,1H3. The second kappa shape index (κ2) is 3.65. The summed E-state index contributed by atoms with van der Waals surface area (Å²) in [7, 11) is 0. The van der Waals surface area contributed by atoms with E-state index in [1.54, 1.807) is 0 Å². The quantitative estimate of drug-likeness (QED) is 0.717. The van der Waals surface area contributed by atoms with Crippen molar-refractivity contribution in [3.8, 4) is 0 Å². The van der Waals surface area contributed by atoms with Gasteiger partial charge in [-0.05, 0) is 54.1 Å². The first-order valence-electron chi connectivity index (χ1n) is 4.40. The zero-order chi connectivity index (χ0) is 9.42. The van der Waals surface area contributed by atoms with Crippen LogP contribution >= 0.6 is 34.2 Å². The van der Waals surface area contributed by atoms with E-state index in [-0.39, 0.29) is 0 Å². The summed E-state index contributed by atoms with van der Waals surface area (Å²) in [4.78, 5) is 2.35. The summed E-state index contributed by atoms with van der Waals surface area (Å²) in [5.41, 5.74) is 1.18. The van der Waals surface area contributed by atoms with Crippen molar-refractivity contribution in [3.05, 3.63) is 26.8 Å². The van der Waals surface area contributed by atoms with Gasteiger partial charge in [-0.3, -0.25) is 0 Å². The van der Waals surface area contributed by atoms with E-state index in [0.29, 0.717) is 6.04 Å². The van der Waals surface area contributed by atoms with Crippen molar-refractivity contribution in [1.82, 2.24) is 0 Å². The number of hydrogen-bond donors (Lipinski definition) is 0. The molecule has 1 unspecified atom stereocenters.